The quantitative estimate of drug-likeness (QED) is 0.869. The number of amides is 1. The molecule has 0 fully saturated rings. The number of rotatable bonds is 3. The van der Waals surface area contributed by atoms with Gasteiger partial charge in [0, 0.05) is 16.9 Å². The van der Waals surface area contributed by atoms with Crippen molar-refractivity contribution in [1.29, 1.82) is 0 Å². The molecule has 1 aromatic carbocycles. The second kappa shape index (κ2) is 6.01. The summed E-state index contributed by atoms with van der Waals surface area (Å²) in [6.45, 7) is 3.59. The Morgan fingerprint density at radius 2 is 2.10 bits per heavy atom. The largest absolute Gasteiger partial charge is 0.322 e. The maximum atomic E-state index is 13.4. The Hall–Kier alpha value is -1.94. The molecule has 0 unspecified atom stereocenters. The van der Waals surface area contributed by atoms with E-state index in [-0.39, 0.29) is 16.9 Å². The summed E-state index contributed by atoms with van der Waals surface area (Å²) in [5.41, 5.74) is 2.08. The summed E-state index contributed by atoms with van der Waals surface area (Å²) in [4.78, 5) is 16.2. The average Bonchev–Trinajstić information content (AvgIpc) is 2.42. The van der Waals surface area contributed by atoms with Crippen LogP contribution in [0.25, 0.3) is 0 Å². The van der Waals surface area contributed by atoms with Crippen molar-refractivity contribution in [2.24, 2.45) is 0 Å². The van der Waals surface area contributed by atoms with Gasteiger partial charge in [-0.15, -0.1) is 0 Å². The summed E-state index contributed by atoms with van der Waals surface area (Å²) in [5.74, 6) is -0.697. The van der Waals surface area contributed by atoms with Crippen LogP contribution < -0.4 is 5.32 Å². The Balaban J connectivity index is 2.23. The van der Waals surface area contributed by atoms with Crippen LogP contribution in [0.4, 0.5) is 10.1 Å². The van der Waals surface area contributed by atoms with Gasteiger partial charge in [0.1, 0.15) is 11.0 Å². The number of hydrogen-bond donors (Lipinski definition) is 1. The fraction of sp³-hybridized carbons (Fsp3) is 0.200. The lowest BCUT2D eigenvalue weighted by Gasteiger charge is -2.08. The lowest BCUT2D eigenvalue weighted by molar-refractivity contribution is 0.102. The first kappa shape index (κ1) is 14.5. The predicted molar refractivity (Wildman–Crippen MR) is 77.7 cm³/mol. The van der Waals surface area contributed by atoms with Gasteiger partial charge in [-0.3, -0.25) is 4.79 Å². The Labute approximate surface area is 121 Å². The Kier molecular flexibility index (Phi) is 4.35. The summed E-state index contributed by atoms with van der Waals surface area (Å²) in [6.07, 6.45) is 0.681. The number of nitrogens with zero attached hydrogens (tertiary/aromatic N) is 1. The number of anilines is 1. The van der Waals surface area contributed by atoms with Gasteiger partial charge in [-0.1, -0.05) is 24.6 Å². The van der Waals surface area contributed by atoms with Crippen molar-refractivity contribution in [1.82, 2.24) is 4.98 Å². The van der Waals surface area contributed by atoms with Crippen LogP contribution in [0.15, 0.2) is 30.3 Å². The van der Waals surface area contributed by atoms with Gasteiger partial charge in [-0.2, -0.15) is 0 Å². The average molecular weight is 293 g/mol. The number of hydrogen-bond acceptors (Lipinski definition) is 2. The highest BCUT2D eigenvalue weighted by Gasteiger charge is 2.10. The van der Waals surface area contributed by atoms with Crippen molar-refractivity contribution in [2.45, 2.75) is 20.3 Å². The number of pyridine rings is 1. The lowest BCUT2D eigenvalue weighted by Crippen LogP contribution is -2.13. The Bertz CT molecular complexity index is 658. The van der Waals surface area contributed by atoms with Crippen LogP contribution in [0.1, 0.15) is 28.5 Å². The minimum Gasteiger partial charge on any atom is -0.322 e. The van der Waals surface area contributed by atoms with E-state index in [1.54, 1.807) is 25.1 Å². The fourth-order valence-electron chi connectivity index (χ4n) is 1.74. The maximum absolute atomic E-state index is 13.4. The number of carbonyl (C=O) groups is 1. The van der Waals surface area contributed by atoms with Crippen LogP contribution in [0, 0.1) is 12.7 Å². The minimum atomic E-state index is -0.357. The summed E-state index contributed by atoms with van der Waals surface area (Å²) in [7, 11) is 0. The van der Waals surface area contributed by atoms with E-state index >= 15 is 0 Å². The second-order valence-corrected chi connectivity index (χ2v) is 4.83. The molecule has 1 amide bonds. The van der Waals surface area contributed by atoms with Gasteiger partial charge in [0.25, 0.3) is 5.91 Å². The van der Waals surface area contributed by atoms with Crippen LogP contribution in [-0.2, 0) is 6.42 Å². The fourth-order valence-corrected chi connectivity index (χ4v) is 1.96. The van der Waals surface area contributed by atoms with E-state index < -0.39 is 0 Å². The first-order chi connectivity index (χ1) is 9.49. The summed E-state index contributed by atoms with van der Waals surface area (Å²) in [5, 5.41) is 2.91. The molecule has 1 aromatic heterocycles. The van der Waals surface area contributed by atoms with Crippen LogP contribution in [0.2, 0.25) is 5.15 Å². The van der Waals surface area contributed by atoms with Crippen molar-refractivity contribution < 1.29 is 9.18 Å². The number of aryl methyl sites for hydroxylation is 2. The molecule has 0 radical (unpaired) electrons. The van der Waals surface area contributed by atoms with Gasteiger partial charge in [-0.25, -0.2) is 9.37 Å². The highest BCUT2D eigenvalue weighted by molar-refractivity contribution is 6.29. The third kappa shape index (κ3) is 3.33. The number of carbonyl (C=O) groups excluding carboxylic acids is 1. The van der Waals surface area contributed by atoms with Crippen LogP contribution in [0.3, 0.4) is 0 Å². The molecule has 0 aliphatic rings. The van der Waals surface area contributed by atoms with E-state index in [1.807, 2.05) is 6.92 Å². The third-order valence-electron chi connectivity index (χ3n) is 2.90. The molecule has 0 spiro atoms. The normalized spacial score (nSPS) is 10.4. The van der Waals surface area contributed by atoms with Crippen molar-refractivity contribution >= 4 is 23.2 Å². The molecule has 1 heterocycles. The van der Waals surface area contributed by atoms with Crippen molar-refractivity contribution in [2.75, 3.05) is 5.32 Å². The standard InChI is InChI=1S/C15H14ClFN2O/c1-3-11-6-10(7-14(16)18-11)15(20)19-12-5-4-9(2)13(17)8-12/h4-8H,3H2,1-2H3,(H,19,20). The molecule has 0 aliphatic heterocycles. The van der Waals surface area contributed by atoms with E-state index in [2.05, 4.69) is 10.3 Å². The molecular weight excluding hydrogens is 279 g/mol. The van der Waals surface area contributed by atoms with Gasteiger partial charge in [0.15, 0.2) is 0 Å². The predicted octanol–water partition coefficient (Wildman–Crippen LogP) is 4.00. The van der Waals surface area contributed by atoms with Crippen LogP contribution in [0.5, 0.6) is 0 Å². The maximum Gasteiger partial charge on any atom is 0.255 e. The van der Waals surface area contributed by atoms with Gasteiger partial charge in [0.2, 0.25) is 0 Å². The number of benzene rings is 1. The van der Waals surface area contributed by atoms with E-state index in [0.29, 0.717) is 23.2 Å². The zero-order valence-electron chi connectivity index (χ0n) is 11.2. The monoisotopic (exact) mass is 292 g/mol. The van der Waals surface area contributed by atoms with Gasteiger partial charge in [0.05, 0.1) is 0 Å². The second-order valence-electron chi connectivity index (χ2n) is 4.44. The Morgan fingerprint density at radius 3 is 2.75 bits per heavy atom. The molecule has 2 aromatic rings. The van der Waals surface area contributed by atoms with Crippen molar-refractivity contribution in [3.63, 3.8) is 0 Å². The molecule has 3 nitrogen and oxygen atoms in total. The zero-order valence-corrected chi connectivity index (χ0v) is 12.0. The first-order valence-corrected chi connectivity index (χ1v) is 6.61. The number of halogens is 2. The molecular formula is C15H14ClFN2O. The Morgan fingerprint density at radius 1 is 1.35 bits per heavy atom. The van der Waals surface area contributed by atoms with E-state index in [9.17, 15) is 9.18 Å². The molecule has 0 saturated heterocycles. The summed E-state index contributed by atoms with van der Waals surface area (Å²) >= 11 is 5.87. The summed E-state index contributed by atoms with van der Waals surface area (Å²) < 4.78 is 13.4. The van der Waals surface area contributed by atoms with Gasteiger partial charge in [-0.05, 0) is 43.2 Å². The number of aromatic nitrogens is 1. The highest BCUT2D eigenvalue weighted by Crippen LogP contribution is 2.16. The highest BCUT2D eigenvalue weighted by atomic mass is 35.5. The topological polar surface area (TPSA) is 42.0 Å². The molecule has 0 saturated carbocycles. The molecule has 2 rings (SSSR count). The molecule has 20 heavy (non-hydrogen) atoms. The molecule has 5 heteroatoms. The van der Waals surface area contributed by atoms with Gasteiger partial charge >= 0.3 is 0 Å². The minimum absolute atomic E-state index is 0.268. The van der Waals surface area contributed by atoms with Gasteiger partial charge < -0.3 is 5.32 Å². The molecule has 104 valence electrons. The molecule has 1 N–H and O–H groups in total. The third-order valence-corrected chi connectivity index (χ3v) is 3.09. The van der Waals surface area contributed by atoms with Crippen molar-refractivity contribution in [3.8, 4) is 0 Å². The SMILES string of the molecule is CCc1cc(C(=O)Nc2ccc(C)c(F)c2)cc(Cl)n1. The van der Waals surface area contributed by atoms with E-state index in [1.165, 1.54) is 12.1 Å². The molecule has 0 bridgehead atoms. The van der Waals surface area contributed by atoms with Crippen LogP contribution in [-0.4, -0.2) is 10.9 Å². The van der Waals surface area contributed by atoms with Crippen molar-refractivity contribution in [3.05, 3.63) is 58.1 Å². The smallest absolute Gasteiger partial charge is 0.255 e. The zero-order chi connectivity index (χ0) is 14.7. The number of nitrogens with one attached hydrogen (secondary N) is 1. The molecule has 0 aliphatic carbocycles. The van der Waals surface area contributed by atoms with Crippen LogP contribution >= 0.6 is 11.6 Å². The van der Waals surface area contributed by atoms with E-state index in [0.717, 1.165) is 5.69 Å². The lowest BCUT2D eigenvalue weighted by atomic mass is 10.1. The first-order valence-electron chi connectivity index (χ1n) is 6.23. The molecule has 0 atom stereocenters. The summed E-state index contributed by atoms with van der Waals surface area (Å²) in [6, 6.07) is 7.71. The van der Waals surface area contributed by atoms with E-state index in [4.69, 9.17) is 11.6 Å².